The van der Waals surface area contributed by atoms with Crippen molar-refractivity contribution in [1.29, 1.82) is 0 Å². The van der Waals surface area contributed by atoms with Crippen molar-refractivity contribution in [2.45, 2.75) is 117 Å². The van der Waals surface area contributed by atoms with E-state index in [1.165, 1.54) is 88.5 Å². The Bertz CT molecular complexity index is 683. The van der Waals surface area contributed by atoms with Crippen molar-refractivity contribution in [3.05, 3.63) is 0 Å². The van der Waals surface area contributed by atoms with Gasteiger partial charge in [0.1, 0.15) is 0 Å². The van der Waals surface area contributed by atoms with E-state index in [1.54, 1.807) is 0 Å². The number of carbonyl (C=O) groups excluding carboxylic acids is 1. The van der Waals surface area contributed by atoms with Crippen LogP contribution in [0.1, 0.15) is 117 Å². The predicted molar refractivity (Wildman–Crippen MR) is 143 cm³/mol. The Balaban J connectivity index is 0.00000342. The molecule has 4 aliphatic carbocycles. The van der Waals surface area contributed by atoms with Gasteiger partial charge >= 0.3 is 0 Å². The zero-order chi connectivity index (χ0) is 24.3. The van der Waals surface area contributed by atoms with Crippen LogP contribution in [0.4, 0.5) is 0 Å². The number of nitrogens with one attached hydrogen (secondary N) is 2. The second-order valence-electron chi connectivity index (χ2n) is 14.0. The normalized spacial score (nSPS) is 39.2. The molecule has 0 aromatic rings. The summed E-state index contributed by atoms with van der Waals surface area (Å²) in [6, 6.07) is 0. The van der Waals surface area contributed by atoms with Crippen molar-refractivity contribution >= 4 is 5.91 Å². The molecule has 0 heterocycles. The molecular weight excluding hydrogens is 543 g/mol. The van der Waals surface area contributed by atoms with Gasteiger partial charge < -0.3 is 34.2 Å². The van der Waals surface area contributed by atoms with E-state index in [0.29, 0.717) is 16.7 Å². The number of hydrogen-bond acceptors (Lipinski definition) is 1. The number of halogens is 1. The summed E-state index contributed by atoms with van der Waals surface area (Å²) < 4.78 is 0. The maximum atomic E-state index is 12.5. The van der Waals surface area contributed by atoms with Crippen LogP contribution in [0, 0.1) is 46.3 Å². The van der Waals surface area contributed by atoms with E-state index >= 15 is 0 Å². The molecule has 4 heteroatoms. The van der Waals surface area contributed by atoms with E-state index in [-0.39, 0.29) is 29.9 Å². The number of hydrogen-bond donors (Lipinski definition) is 2. The molecule has 204 valence electrons. The highest BCUT2D eigenvalue weighted by Gasteiger charge is 2.60. The Hall–Kier alpha value is 0.160. The van der Waals surface area contributed by atoms with E-state index in [9.17, 15) is 4.79 Å². The van der Waals surface area contributed by atoms with Crippen molar-refractivity contribution < 1.29 is 33.7 Å². The number of unbranched alkanes of at least 4 members (excludes halogenated alkanes) is 2. The van der Waals surface area contributed by atoms with Crippen molar-refractivity contribution in [1.82, 2.24) is 5.32 Å². The number of quaternary nitrogens is 1. The second-order valence-corrected chi connectivity index (χ2v) is 14.0. The highest BCUT2D eigenvalue weighted by Crippen LogP contribution is 2.68. The largest absolute Gasteiger partial charge is 1.00 e. The van der Waals surface area contributed by atoms with Gasteiger partial charge in [-0.25, -0.2) is 0 Å². The first-order chi connectivity index (χ1) is 16.3. The van der Waals surface area contributed by atoms with Gasteiger partial charge in [-0.15, -0.1) is 0 Å². The first-order valence-electron chi connectivity index (χ1n) is 15.3. The van der Waals surface area contributed by atoms with E-state index in [1.807, 2.05) is 0 Å². The average molecular weight is 601 g/mol. The molecule has 4 rings (SSSR count). The Kier molecular flexibility index (Phi) is 10.9. The van der Waals surface area contributed by atoms with Gasteiger partial charge in [0.05, 0.1) is 20.6 Å². The van der Waals surface area contributed by atoms with E-state index < -0.39 is 0 Å². The molecule has 2 N–H and O–H groups in total. The smallest absolute Gasteiger partial charge is 0.220 e. The molecule has 4 aliphatic rings. The van der Waals surface area contributed by atoms with Crippen molar-refractivity contribution in [2.24, 2.45) is 46.3 Å². The maximum Gasteiger partial charge on any atom is 0.220 e. The number of amides is 1. The van der Waals surface area contributed by atoms with Crippen LogP contribution in [0.25, 0.3) is 0 Å². The van der Waals surface area contributed by atoms with Crippen LogP contribution in [0.5, 0.6) is 0 Å². The standard InChI is InChI=1S/C31H56N2O.HI/c1-23(12-17-29(34)32-21-9-6-10-22-33(4)5)26-15-16-27-25-14-13-24-11-7-8-19-30(24,2)28(25)18-20-31(26,27)3;/h23-28H,6-22H2,1-5H3,(H,32,34);1H/t23-,24?,25+,26-,27+,28+,30+,31-;/m1./s1. The predicted octanol–water partition coefficient (Wildman–Crippen LogP) is 2.89. The molecule has 4 fully saturated rings. The molecule has 0 saturated heterocycles. The van der Waals surface area contributed by atoms with Gasteiger partial charge in [0.15, 0.2) is 0 Å². The van der Waals surface area contributed by atoms with Gasteiger partial charge in [0, 0.05) is 13.0 Å². The second kappa shape index (κ2) is 12.8. The van der Waals surface area contributed by atoms with Gasteiger partial charge in [-0.05, 0) is 123 Å². The zero-order valence-corrected chi connectivity index (χ0v) is 25.9. The van der Waals surface area contributed by atoms with Crippen LogP contribution in [-0.2, 0) is 4.79 Å². The van der Waals surface area contributed by atoms with Crippen molar-refractivity contribution in [3.63, 3.8) is 0 Å². The molecule has 1 unspecified atom stereocenters. The maximum absolute atomic E-state index is 12.5. The highest BCUT2D eigenvalue weighted by atomic mass is 127. The molecule has 3 nitrogen and oxygen atoms in total. The molecule has 0 aromatic carbocycles. The van der Waals surface area contributed by atoms with Crippen LogP contribution in [0.15, 0.2) is 0 Å². The third-order valence-corrected chi connectivity index (χ3v) is 11.8. The highest BCUT2D eigenvalue weighted by molar-refractivity contribution is 5.75. The number of rotatable bonds is 10. The van der Waals surface area contributed by atoms with E-state index in [4.69, 9.17) is 0 Å². The van der Waals surface area contributed by atoms with Crippen molar-refractivity contribution in [3.8, 4) is 0 Å². The minimum absolute atomic E-state index is 0. The minimum atomic E-state index is 0. The van der Waals surface area contributed by atoms with Gasteiger partial charge in [-0.1, -0.05) is 33.6 Å². The lowest BCUT2D eigenvalue weighted by atomic mass is 9.44. The lowest BCUT2D eigenvalue weighted by Crippen LogP contribution is -3.05. The molecule has 0 bridgehead atoms. The van der Waals surface area contributed by atoms with Crippen LogP contribution in [0.3, 0.4) is 0 Å². The van der Waals surface area contributed by atoms with Gasteiger partial charge in [-0.2, -0.15) is 0 Å². The Morgan fingerprint density at radius 2 is 1.69 bits per heavy atom. The molecule has 0 radical (unpaired) electrons. The summed E-state index contributed by atoms with van der Waals surface area (Å²) in [5, 5.41) is 3.20. The molecule has 4 saturated carbocycles. The summed E-state index contributed by atoms with van der Waals surface area (Å²) in [5.41, 5.74) is 1.18. The van der Waals surface area contributed by atoms with E-state index in [0.717, 1.165) is 55.4 Å². The third-order valence-electron chi connectivity index (χ3n) is 11.8. The number of carbonyl (C=O) groups is 1. The van der Waals surface area contributed by atoms with E-state index in [2.05, 4.69) is 40.2 Å². The monoisotopic (exact) mass is 600 g/mol. The fraction of sp³-hybridized carbons (Fsp3) is 0.968. The topological polar surface area (TPSA) is 33.5 Å². The summed E-state index contributed by atoms with van der Waals surface area (Å²) >= 11 is 0. The molecule has 1 amide bonds. The molecule has 0 aliphatic heterocycles. The summed E-state index contributed by atoms with van der Waals surface area (Å²) in [7, 11) is 4.42. The Morgan fingerprint density at radius 1 is 0.914 bits per heavy atom. The van der Waals surface area contributed by atoms with Crippen LogP contribution in [0.2, 0.25) is 0 Å². The van der Waals surface area contributed by atoms with Crippen molar-refractivity contribution in [2.75, 3.05) is 27.2 Å². The van der Waals surface area contributed by atoms with Crippen LogP contribution < -0.4 is 34.2 Å². The van der Waals surface area contributed by atoms with Gasteiger partial charge in [-0.3, -0.25) is 4.79 Å². The fourth-order valence-corrected chi connectivity index (χ4v) is 9.93. The lowest BCUT2D eigenvalue weighted by Gasteiger charge is -2.61. The first kappa shape index (κ1) is 29.7. The van der Waals surface area contributed by atoms with Gasteiger partial charge in [0.2, 0.25) is 5.91 Å². The van der Waals surface area contributed by atoms with Crippen LogP contribution >= 0.6 is 0 Å². The Morgan fingerprint density at radius 3 is 2.46 bits per heavy atom. The summed E-state index contributed by atoms with van der Waals surface area (Å²) in [5.74, 6) is 5.78. The third kappa shape index (κ3) is 6.42. The summed E-state index contributed by atoms with van der Waals surface area (Å²) in [6.45, 7) is 9.94. The van der Waals surface area contributed by atoms with Gasteiger partial charge in [0.25, 0.3) is 0 Å². The molecular formula is C31H57IN2O. The zero-order valence-electron chi connectivity index (χ0n) is 23.8. The summed E-state index contributed by atoms with van der Waals surface area (Å²) in [6.07, 6.45) is 20.3. The minimum Gasteiger partial charge on any atom is -1.00 e. The molecule has 35 heavy (non-hydrogen) atoms. The SMILES string of the molecule is C[C@H](CCC(=O)NCCCCC[NH+](C)C)[C@H]1CC[C@H]2[C@@H]3CCC4CCCC[C@]4(C)[C@H]3CC[C@]12C.[I-]. The molecule has 0 aromatic heterocycles. The average Bonchev–Trinajstić information content (AvgIpc) is 3.16. The molecule has 0 spiro atoms. The summed E-state index contributed by atoms with van der Waals surface area (Å²) in [4.78, 5) is 14.0. The molecule has 8 atom stereocenters. The lowest BCUT2D eigenvalue weighted by molar-refractivity contribution is -0.858. The quantitative estimate of drug-likeness (QED) is 0.294. The first-order valence-corrected chi connectivity index (χ1v) is 15.3. The Labute approximate surface area is 234 Å². The fourth-order valence-electron chi connectivity index (χ4n) is 9.93. The van der Waals surface area contributed by atoms with Crippen LogP contribution in [-0.4, -0.2) is 33.1 Å². The number of fused-ring (bicyclic) bond motifs is 5.